The van der Waals surface area contributed by atoms with Crippen molar-refractivity contribution in [1.82, 2.24) is 20.3 Å². The minimum absolute atomic E-state index is 0.566. The lowest BCUT2D eigenvalue weighted by Crippen LogP contribution is -2.25. The van der Waals surface area contributed by atoms with Crippen molar-refractivity contribution >= 4 is 11.3 Å². The van der Waals surface area contributed by atoms with Gasteiger partial charge >= 0.3 is 0 Å². The molecule has 0 spiro atoms. The summed E-state index contributed by atoms with van der Waals surface area (Å²) in [6.45, 7) is 1.98. The molecule has 1 N–H and O–H groups in total. The maximum Gasteiger partial charge on any atom is 0.0692 e. The summed E-state index contributed by atoms with van der Waals surface area (Å²) >= 11 is 1.90. The number of thiophene rings is 1. The van der Waals surface area contributed by atoms with E-state index in [-0.39, 0.29) is 0 Å². The molecule has 0 radical (unpaired) electrons. The van der Waals surface area contributed by atoms with E-state index < -0.39 is 0 Å². The van der Waals surface area contributed by atoms with Gasteiger partial charge in [-0.1, -0.05) is 5.21 Å². The van der Waals surface area contributed by atoms with Gasteiger partial charge in [-0.25, -0.2) is 0 Å². The largest absolute Gasteiger partial charge is 0.310 e. The van der Waals surface area contributed by atoms with Gasteiger partial charge in [0.25, 0.3) is 0 Å². The van der Waals surface area contributed by atoms with E-state index >= 15 is 0 Å². The Morgan fingerprint density at radius 3 is 3.39 bits per heavy atom. The van der Waals surface area contributed by atoms with Crippen LogP contribution in [0.4, 0.5) is 0 Å². The van der Waals surface area contributed by atoms with Crippen LogP contribution in [0.1, 0.15) is 35.7 Å². The molecule has 3 rings (SSSR count). The van der Waals surface area contributed by atoms with E-state index in [0.717, 1.165) is 19.5 Å². The van der Waals surface area contributed by atoms with Crippen LogP contribution in [-0.2, 0) is 13.0 Å². The van der Waals surface area contributed by atoms with Crippen LogP contribution in [0.3, 0.4) is 0 Å². The van der Waals surface area contributed by atoms with Crippen LogP contribution in [0.2, 0.25) is 0 Å². The molecule has 5 heteroatoms. The number of nitrogens with zero attached hydrogens (tertiary/aromatic N) is 3. The van der Waals surface area contributed by atoms with Crippen LogP contribution in [-0.4, -0.2) is 21.5 Å². The smallest absolute Gasteiger partial charge is 0.0692 e. The molecule has 2 aromatic rings. The number of aryl methyl sites for hydroxylation is 2. The summed E-state index contributed by atoms with van der Waals surface area (Å²) in [5.41, 5.74) is 1.53. The lowest BCUT2D eigenvalue weighted by molar-refractivity contribution is 0.441. The van der Waals surface area contributed by atoms with Crippen molar-refractivity contribution in [1.29, 1.82) is 0 Å². The second-order valence-corrected chi connectivity index (χ2v) is 5.72. The molecule has 0 amide bonds. The number of hydrogen-bond acceptors (Lipinski definition) is 4. The molecule has 1 unspecified atom stereocenters. The molecular weight excluding hydrogens is 244 g/mol. The van der Waals surface area contributed by atoms with Gasteiger partial charge in [0.05, 0.1) is 6.20 Å². The van der Waals surface area contributed by atoms with Crippen molar-refractivity contribution in [3.8, 4) is 0 Å². The summed E-state index contributed by atoms with van der Waals surface area (Å²) in [5, 5.41) is 13.7. The average molecular weight is 262 g/mol. The highest BCUT2D eigenvalue weighted by Gasteiger charge is 2.20. The number of fused-ring (bicyclic) bond motifs is 1. The van der Waals surface area contributed by atoms with Crippen LogP contribution in [0.25, 0.3) is 0 Å². The Morgan fingerprint density at radius 2 is 2.50 bits per heavy atom. The zero-order chi connectivity index (χ0) is 12.2. The first-order valence-corrected chi connectivity index (χ1v) is 7.45. The molecule has 0 fully saturated rings. The minimum Gasteiger partial charge on any atom is -0.310 e. The fourth-order valence-corrected chi connectivity index (χ4v) is 3.56. The highest BCUT2D eigenvalue weighted by atomic mass is 32.1. The topological polar surface area (TPSA) is 42.7 Å². The van der Waals surface area contributed by atoms with E-state index in [1.165, 1.54) is 24.8 Å². The second kappa shape index (κ2) is 5.63. The van der Waals surface area contributed by atoms with Crippen molar-refractivity contribution in [2.75, 3.05) is 6.54 Å². The summed E-state index contributed by atoms with van der Waals surface area (Å²) in [6, 6.07) is 2.85. The second-order valence-electron chi connectivity index (χ2n) is 4.72. The third-order valence-corrected chi connectivity index (χ3v) is 4.48. The van der Waals surface area contributed by atoms with Crippen LogP contribution >= 0.6 is 11.3 Å². The van der Waals surface area contributed by atoms with E-state index in [2.05, 4.69) is 27.1 Å². The summed E-state index contributed by atoms with van der Waals surface area (Å²) in [7, 11) is 0. The maximum absolute atomic E-state index is 3.97. The maximum atomic E-state index is 3.97. The molecule has 0 aromatic carbocycles. The summed E-state index contributed by atoms with van der Waals surface area (Å²) in [5.74, 6) is 0. The molecule has 96 valence electrons. The van der Waals surface area contributed by atoms with Gasteiger partial charge in [0.2, 0.25) is 0 Å². The fourth-order valence-electron chi connectivity index (χ4n) is 2.57. The first-order valence-electron chi connectivity index (χ1n) is 6.57. The van der Waals surface area contributed by atoms with Crippen molar-refractivity contribution in [2.45, 2.75) is 38.3 Å². The molecule has 1 atom stereocenters. The van der Waals surface area contributed by atoms with E-state index in [1.54, 1.807) is 11.1 Å². The minimum atomic E-state index is 0.566. The Labute approximate surface area is 111 Å². The van der Waals surface area contributed by atoms with Gasteiger partial charge in [-0.3, -0.25) is 4.68 Å². The molecule has 0 bridgehead atoms. The van der Waals surface area contributed by atoms with Crippen LogP contribution in [0.5, 0.6) is 0 Å². The van der Waals surface area contributed by atoms with Gasteiger partial charge in [-0.15, -0.1) is 16.4 Å². The molecule has 18 heavy (non-hydrogen) atoms. The molecule has 4 nitrogen and oxygen atoms in total. The Bertz CT molecular complexity index is 477. The molecule has 1 aliphatic carbocycles. The Hall–Kier alpha value is -1.20. The zero-order valence-electron chi connectivity index (χ0n) is 10.4. The number of nitrogens with one attached hydrogen (secondary N) is 1. The van der Waals surface area contributed by atoms with Gasteiger partial charge in [0.15, 0.2) is 0 Å². The SMILES string of the molecule is c1cn(CCCNC2CCCc3sccc32)nn1. The molecule has 0 saturated carbocycles. The van der Waals surface area contributed by atoms with Crippen molar-refractivity contribution < 1.29 is 0 Å². The average Bonchev–Trinajstić information content (AvgIpc) is 3.05. The number of hydrogen-bond donors (Lipinski definition) is 1. The third-order valence-electron chi connectivity index (χ3n) is 3.48. The molecule has 2 heterocycles. The highest BCUT2D eigenvalue weighted by molar-refractivity contribution is 7.10. The van der Waals surface area contributed by atoms with Crippen molar-refractivity contribution in [3.05, 3.63) is 34.3 Å². The fraction of sp³-hybridized carbons (Fsp3) is 0.538. The van der Waals surface area contributed by atoms with Crippen LogP contribution < -0.4 is 5.32 Å². The van der Waals surface area contributed by atoms with Gasteiger partial charge < -0.3 is 5.32 Å². The summed E-state index contributed by atoms with van der Waals surface area (Å²) < 4.78 is 1.89. The van der Waals surface area contributed by atoms with E-state index in [9.17, 15) is 0 Å². The highest BCUT2D eigenvalue weighted by Crippen LogP contribution is 2.33. The van der Waals surface area contributed by atoms with Gasteiger partial charge in [0, 0.05) is 23.7 Å². The first kappa shape index (κ1) is 11.9. The lowest BCUT2D eigenvalue weighted by atomic mass is 9.94. The predicted octanol–water partition coefficient (Wildman–Crippen LogP) is 2.40. The predicted molar refractivity (Wildman–Crippen MR) is 72.6 cm³/mol. The van der Waals surface area contributed by atoms with E-state index in [0.29, 0.717) is 6.04 Å². The van der Waals surface area contributed by atoms with E-state index in [1.807, 2.05) is 22.2 Å². The molecule has 1 aliphatic rings. The standard InChI is InChI=1S/C13H18N4S/c1-3-12(11-5-10-18-13(11)4-1)14-6-2-8-17-9-7-15-16-17/h5,7,9-10,12,14H,1-4,6,8H2. The monoisotopic (exact) mass is 262 g/mol. The summed E-state index contributed by atoms with van der Waals surface area (Å²) in [6.07, 6.45) is 8.59. The Balaban J connectivity index is 1.47. The number of aromatic nitrogens is 3. The van der Waals surface area contributed by atoms with Gasteiger partial charge in [-0.05, 0) is 49.2 Å². The molecule has 0 aliphatic heterocycles. The van der Waals surface area contributed by atoms with Crippen molar-refractivity contribution in [2.24, 2.45) is 0 Å². The Kier molecular flexibility index (Phi) is 3.71. The summed E-state index contributed by atoms with van der Waals surface area (Å²) in [4.78, 5) is 1.58. The van der Waals surface area contributed by atoms with Crippen LogP contribution in [0.15, 0.2) is 23.8 Å². The first-order chi connectivity index (χ1) is 8.93. The lowest BCUT2D eigenvalue weighted by Gasteiger charge is -2.23. The normalized spacial score (nSPS) is 18.8. The van der Waals surface area contributed by atoms with Gasteiger partial charge in [0.1, 0.15) is 0 Å². The molecule has 0 saturated heterocycles. The molecule has 2 aromatic heterocycles. The van der Waals surface area contributed by atoms with Crippen LogP contribution in [0, 0.1) is 0 Å². The van der Waals surface area contributed by atoms with Gasteiger partial charge in [-0.2, -0.15) is 0 Å². The van der Waals surface area contributed by atoms with Crippen molar-refractivity contribution in [3.63, 3.8) is 0 Å². The molecular formula is C13H18N4S. The third kappa shape index (κ3) is 2.62. The quantitative estimate of drug-likeness (QED) is 0.841. The zero-order valence-corrected chi connectivity index (χ0v) is 11.2. The van der Waals surface area contributed by atoms with E-state index in [4.69, 9.17) is 0 Å². The number of rotatable bonds is 5. The Morgan fingerprint density at radius 1 is 1.50 bits per heavy atom.